The standard InChI is InChI=1S/C21H31FN4O3/c1-4-5-17(25-20(23)29)18(27)24-13-21(22)8-10-26(11-9-21)19(28)16-7-6-14(2)15(3)12-16/h6-7,12,17H,4-5,8-11,13H2,1-3H3,(H,24,27)(H3,23,25,29). The molecule has 1 aliphatic rings. The molecule has 0 aromatic heterocycles. The van der Waals surface area contributed by atoms with Gasteiger partial charge in [0.25, 0.3) is 5.91 Å². The van der Waals surface area contributed by atoms with Crippen molar-refractivity contribution >= 4 is 17.8 Å². The maximum Gasteiger partial charge on any atom is 0.312 e. The van der Waals surface area contributed by atoms with E-state index in [9.17, 15) is 14.4 Å². The van der Waals surface area contributed by atoms with E-state index in [2.05, 4.69) is 10.6 Å². The van der Waals surface area contributed by atoms with E-state index >= 15 is 4.39 Å². The zero-order chi connectivity index (χ0) is 21.6. The molecule has 29 heavy (non-hydrogen) atoms. The number of likely N-dealkylation sites (tertiary alicyclic amines) is 1. The molecular formula is C21H31FN4O3. The molecule has 0 saturated carbocycles. The Bertz CT molecular complexity index is 760. The molecule has 1 unspecified atom stereocenters. The highest BCUT2D eigenvalue weighted by molar-refractivity contribution is 5.94. The highest BCUT2D eigenvalue weighted by atomic mass is 19.1. The Hall–Kier alpha value is -2.64. The number of amides is 4. The van der Waals surface area contributed by atoms with Crippen LogP contribution in [0.2, 0.25) is 0 Å². The first-order valence-corrected chi connectivity index (χ1v) is 10.0. The van der Waals surface area contributed by atoms with Gasteiger partial charge in [0.05, 0.1) is 6.54 Å². The van der Waals surface area contributed by atoms with Crippen molar-refractivity contribution in [3.05, 3.63) is 34.9 Å². The van der Waals surface area contributed by atoms with E-state index in [1.807, 2.05) is 32.9 Å². The maximum absolute atomic E-state index is 15.1. The molecule has 8 heteroatoms. The van der Waals surface area contributed by atoms with Crippen molar-refractivity contribution in [1.82, 2.24) is 15.5 Å². The summed E-state index contributed by atoms with van der Waals surface area (Å²) in [6, 6.07) is 4.00. The fourth-order valence-electron chi connectivity index (χ4n) is 3.44. The number of urea groups is 1. The minimum Gasteiger partial charge on any atom is -0.352 e. The number of primary amides is 1. The lowest BCUT2D eigenvalue weighted by atomic mass is 9.92. The summed E-state index contributed by atoms with van der Waals surface area (Å²) in [4.78, 5) is 37.6. The van der Waals surface area contributed by atoms with Gasteiger partial charge in [-0.3, -0.25) is 9.59 Å². The van der Waals surface area contributed by atoms with Crippen LogP contribution in [0.1, 0.15) is 54.1 Å². The van der Waals surface area contributed by atoms with Gasteiger partial charge in [0.15, 0.2) is 0 Å². The molecule has 1 aromatic carbocycles. The average Bonchev–Trinajstić information content (AvgIpc) is 2.68. The van der Waals surface area contributed by atoms with E-state index in [1.54, 1.807) is 11.0 Å². The zero-order valence-electron chi connectivity index (χ0n) is 17.4. The number of hydrogen-bond donors (Lipinski definition) is 3. The van der Waals surface area contributed by atoms with Crippen molar-refractivity contribution < 1.29 is 18.8 Å². The fraction of sp³-hybridized carbons (Fsp3) is 0.571. The zero-order valence-corrected chi connectivity index (χ0v) is 17.4. The van der Waals surface area contributed by atoms with Gasteiger partial charge in [-0.15, -0.1) is 0 Å². The van der Waals surface area contributed by atoms with Crippen molar-refractivity contribution in [2.75, 3.05) is 19.6 Å². The highest BCUT2D eigenvalue weighted by Gasteiger charge is 2.37. The van der Waals surface area contributed by atoms with Gasteiger partial charge in [-0.05, 0) is 43.5 Å². The number of nitrogens with zero attached hydrogens (tertiary/aromatic N) is 1. The van der Waals surface area contributed by atoms with E-state index < -0.39 is 23.6 Å². The molecule has 1 heterocycles. The number of aryl methyl sites for hydroxylation is 2. The fourth-order valence-corrected chi connectivity index (χ4v) is 3.44. The molecule has 1 aromatic rings. The number of hydrogen-bond acceptors (Lipinski definition) is 3. The predicted octanol–water partition coefficient (Wildman–Crippen LogP) is 2.20. The maximum atomic E-state index is 15.1. The van der Waals surface area contributed by atoms with Crippen LogP contribution in [0.5, 0.6) is 0 Å². The van der Waals surface area contributed by atoms with Crippen LogP contribution in [0.15, 0.2) is 18.2 Å². The first kappa shape index (κ1) is 22.6. The van der Waals surface area contributed by atoms with Gasteiger partial charge in [0, 0.05) is 31.5 Å². The molecular weight excluding hydrogens is 375 g/mol. The number of halogens is 1. The summed E-state index contributed by atoms with van der Waals surface area (Å²) in [5.74, 6) is -0.552. The summed E-state index contributed by atoms with van der Waals surface area (Å²) in [7, 11) is 0. The van der Waals surface area contributed by atoms with Crippen LogP contribution in [0.25, 0.3) is 0 Å². The van der Waals surface area contributed by atoms with Crippen LogP contribution in [0.4, 0.5) is 9.18 Å². The van der Waals surface area contributed by atoms with Crippen LogP contribution in [0.3, 0.4) is 0 Å². The normalized spacial score (nSPS) is 16.8. The topological polar surface area (TPSA) is 105 Å². The Morgan fingerprint density at radius 3 is 2.41 bits per heavy atom. The van der Waals surface area contributed by atoms with Crippen LogP contribution < -0.4 is 16.4 Å². The van der Waals surface area contributed by atoms with Gasteiger partial charge < -0.3 is 21.3 Å². The molecule has 0 aliphatic carbocycles. The van der Waals surface area contributed by atoms with E-state index in [4.69, 9.17) is 5.73 Å². The Morgan fingerprint density at radius 2 is 1.86 bits per heavy atom. The highest BCUT2D eigenvalue weighted by Crippen LogP contribution is 2.27. The Kier molecular flexibility index (Phi) is 7.59. The minimum absolute atomic E-state index is 0.104. The van der Waals surface area contributed by atoms with Crippen LogP contribution in [0, 0.1) is 13.8 Å². The molecule has 4 N–H and O–H groups in total. The number of nitrogens with one attached hydrogen (secondary N) is 2. The predicted molar refractivity (Wildman–Crippen MR) is 109 cm³/mol. The second-order valence-electron chi connectivity index (χ2n) is 7.81. The molecule has 160 valence electrons. The third kappa shape index (κ3) is 6.17. The van der Waals surface area contributed by atoms with Gasteiger partial charge in [0.2, 0.25) is 5.91 Å². The van der Waals surface area contributed by atoms with Crippen molar-refractivity contribution in [3.63, 3.8) is 0 Å². The average molecular weight is 407 g/mol. The summed E-state index contributed by atoms with van der Waals surface area (Å²) in [5, 5.41) is 4.97. The van der Waals surface area contributed by atoms with Gasteiger partial charge in [-0.1, -0.05) is 19.4 Å². The molecule has 1 fully saturated rings. The molecule has 2 rings (SSSR count). The number of benzene rings is 1. The summed E-state index contributed by atoms with van der Waals surface area (Å²) in [6.45, 7) is 6.24. The Balaban J connectivity index is 1.89. The van der Waals surface area contributed by atoms with Gasteiger partial charge in [-0.25, -0.2) is 9.18 Å². The molecule has 4 amide bonds. The van der Waals surface area contributed by atoms with E-state index in [0.717, 1.165) is 11.1 Å². The van der Waals surface area contributed by atoms with Gasteiger partial charge in [0.1, 0.15) is 11.7 Å². The van der Waals surface area contributed by atoms with Gasteiger partial charge in [-0.2, -0.15) is 0 Å². The monoisotopic (exact) mass is 406 g/mol. The number of carbonyl (C=O) groups is 3. The quantitative estimate of drug-likeness (QED) is 0.646. The molecule has 1 aliphatic heterocycles. The number of carbonyl (C=O) groups excluding carboxylic acids is 3. The SMILES string of the molecule is CCCC(NC(N)=O)C(=O)NCC1(F)CCN(C(=O)c2ccc(C)c(C)c2)CC1. The summed E-state index contributed by atoms with van der Waals surface area (Å²) < 4.78 is 15.1. The third-order valence-corrected chi connectivity index (χ3v) is 5.49. The second kappa shape index (κ2) is 9.71. The number of rotatable bonds is 7. The van der Waals surface area contributed by atoms with Crippen LogP contribution in [-0.2, 0) is 4.79 Å². The number of nitrogens with two attached hydrogens (primary N) is 1. The molecule has 0 bridgehead atoms. The molecule has 0 radical (unpaired) electrons. The van der Waals surface area contributed by atoms with E-state index in [-0.39, 0.29) is 38.4 Å². The lowest BCUT2D eigenvalue weighted by Crippen LogP contribution is -2.53. The summed E-state index contributed by atoms with van der Waals surface area (Å²) in [6.07, 6.45) is 1.39. The van der Waals surface area contributed by atoms with Crippen LogP contribution >= 0.6 is 0 Å². The Labute approximate surface area is 171 Å². The lowest BCUT2D eigenvalue weighted by Gasteiger charge is -2.36. The lowest BCUT2D eigenvalue weighted by molar-refractivity contribution is -0.124. The van der Waals surface area contributed by atoms with Crippen molar-refractivity contribution in [3.8, 4) is 0 Å². The molecule has 1 atom stereocenters. The number of piperidine rings is 1. The van der Waals surface area contributed by atoms with E-state index in [0.29, 0.717) is 18.4 Å². The second-order valence-corrected chi connectivity index (χ2v) is 7.81. The molecule has 0 spiro atoms. The minimum atomic E-state index is -1.58. The third-order valence-electron chi connectivity index (χ3n) is 5.49. The first-order valence-electron chi connectivity index (χ1n) is 10.0. The van der Waals surface area contributed by atoms with Crippen molar-refractivity contribution in [2.45, 2.75) is 58.2 Å². The van der Waals surface area contributed by atoms with E-state index in [1.165, 1.54) is 0 Å². The first-order chi connectivity index (χ1) is 13.6. The Morgan fingerprint density at radius 1 is 1.21 bits per heavy atom. The van der Waals surface area contributed by atoms with Gasteiger partial charge >= 0.3 is 6.03 Å². The largest absolute Gasteiger partial charge is 0.352 e. The smallest absolute Gasteiger partial charge is 0.312 e. The molecule has 7 nitrogen and oxygen atoms in total. The van der Waals surface area contributed by atoms with Crippen LogP contribution in [-0.4, -0.2) is 54.1 Å². The summed E-state index contributed by atoms with van der Waals surface area (Å²) in [5.41, 5.74) is 6.27. The van der Waals surface area contributed by atoms with Crippen molar-refractivity contribution in [1.29, 1.82) is 0 Å². The van der Waals surface area contributed by atoms with Crippen molar-refractivity contribution in [2.24, 2.45) is 5.73 Å². The number of alkyl halides is 1. The summed E-state index contributed by atoms with van der Waals surface area (Å²) >= 11 is 0. The molecule has 1 saturated heterocycles.